The van der Waals surface area contributed by atoms with E-state index in [2.05, 4.69) is 6.92 Å². The summed E-state index contributed by atoms with van der Waals surface area (Å²) in [6.45, 7) is 2.32. The zero-order valence-corrected chi connectivity index (χ0v) is 13.3. The Hall–Kier alpha value is -0.0800. The van der Waals surface area contributed by atoms with Crippen molar-refractivity contribution in [3.05, 3.63) is 0 Å². The first-order chi connectivity index (χ1) is 9.63. The Kier molecular flexibility index (Phi) is 4.42. The van der Waals surface area contributed by atoms with Crippen LogP contribution in [0.4, 0.5) is 0 Å². The van der Waals surface area contributed by atoms with E-state index in [1.165, 1.54) is 77.0 Å². The summed E-state index contributed by atoms with van der Waals surface area (Å²) in [5.74, 6) is 0.931. The molecule has 1 atom stereocenters. The van der Waals surface area contributed by atoms with Crippen molar-refractivity contribution in [1.29, 1.82) is 0 Å². The van der Waals surface area contributed by atoms with Gasteiger partial charge < -0.3 is 10.5 Å². The summed E-state index contributed by atoms with van der Waals surface area (Å²) < 4.78 is 6.53. The molecule has 1 saturated heterocycles. The largest absolute Gasteiger partial charge is 0.372 e. The second kappa shape index (κ2) is 5.96. The molecule has 3 aliphatic rings. The van der Waals surface area contributed by atoms with Crippen molar-refractivity contribution in [2.24, 2.45) is 11.7 Å². The molecule has 0 aromatic rings. The van der Waals surface area contributed by atoms with Gasteiger partial charge in [0.05, 0.1) is 11.7 Å². The smallest absolute Gasteiger partial charge is 0.0687 e. The molecule has 1 spiro atoms. The molecule has 0 amide bonds. The Balaban J connectivity index is 1.51. The SMILES string of the molecule is CCC1CCC(N)(CC2CCC3(CCCCC3)O2)CC1. The van der Waals surface area contributed by atoms with Crippen LogP contribution in [0.3, 0.4) is 0 Å². The van der Waals surface area contributed by atoms with Gasteiger partial charge in [-0.15, -0.1) is 0 Å². The lowest BCUT2D eigenvalue weighted by molar-refractivity contribution is -0.0733. The van der Waals surface area contributed by atoms with Gasteiger partial charge in [0.1, 0.15) is 0 Å². The van der Waals surface area contributed by atoms with Crippen LogP contribution in [0.5, 0.6) is 0 Å². The molecule has 1 heterocycles. The third-order valence-corrected chi connectivity index (χ3v) is 6.42. The molecule has 1 aliphatic heterocycles. The van der Waals surface area contributed by atoms with Crippen LogP contribution >= 0.6 is 0 Å². The van der Waals surface area contributed by atoms with Crippen LogP contribution < -0.4 is 5.73 Å². The summed E-state index contributed by atoms with van der Waals surface area (Å²) in [6.07, 6.45) is 17.3. The highest BCUT2D eigenvalue weighted by molar-refractivity contribution is 4.97. The first-order valence-electron chi connectivity index (χ1n) is 9.10. The summed E-state index contributed by atoms with van der Waals surface area (Å²) in [5, 5.41) is 0. The van der Waals surface area contributed by atoms with Crippen molar-refractivity contribution in [2.45, 2.75) is 108 Å². The number of hydrogen-bond donors (Lipinski definition) is 1. The van der Waals surface area contributed by atoms with Gasteiger partial charge in [0.2, 0.25) is 0 Å². The van der Waals surface area contributed by atoms with Gasteiger partial charge in [-0.3, -0.25) is 0 Å². The number of rotatable bonds is 3. The van der Waals surface area contributed by atoms with Crippen molar-refractivity contribution in [3.63, 3.8) is 0 Å². The molecule has 0 aromatic heterocycles. The van der Waals surface area contributed by atoms with E-state index in [-0.39, 0.29) is 11.1 Å². The van der Waals surface area contributed by atoms with Crippen LogP contribution in [0, 0.1) is 5.92 Å². The molecular weight excluding hydrogens is 246 g/mol. The van der Waals surface area contributed by atoms with E-state index in [9.17, 15) is 0 Å². The maximum atomic E-state index is 6.69. The maximum absolute atomic E-state index is 6.69. The van der Waals surface area contributed by atoms with E-state index in [1.807, 2.05) is 0 Å². The molecular formula is C18H33NO. The standard InChI is InChI=1S/C18H33NO/c1-2-15-6-11-17(19,12-7-15)14-16-8-13-18(20-16)9-4-3-5-10-18/h15-16H,2-14,19H2,1H3. The molecule has 0 radical (unpaired) electrons. The van der Waals surface area contributed by atoms with Gasteiger partial charge in [-0.05, 0) is 63.7 Å². The van der Waals surface area contributed by atoms with E-state index in [0.717, 1.165) is 12.3 Å². The Morgan fingerprint density at radius 3 is 2.30 bits per heavy atom. The average Bonchev–Trinajstić information content (AvgIpc) is 2.82. The molecule has 0 bridgehead atoms. The van der Waals surface area contributed by atoms with Crippen LogP contribution in [-0.4, -0.2) is 17.2 Å². The van der Waals surface area contributed by atoms with Gasteiger partial charge in [0, 0.05) is 5.54 Å². The van der Waals surface area contributed by atoms with Gasteiger partial charge in [0.25, 0.3) is 0 Å². The number of ether oxygens (including phenoxy) is 1. The normalized spacial score (nSPS) is 41.1. The predicted molar refractivity (Wildman–Crippen MR) is 83.7 cm³/mol. The fourth-order valence-electron chi connectivity index (χ4n) is 4.92. The molecule has 1 unspecified atom stereocenters. The third kappa shape index (κ3) is 3.22. The summed E-state index contributed by atoms with van der Waals surface area (Å²) in [4.78, 5) is 0. The lowest BCUT2D eigenvalue weighted by atomic mass is 9.73. The Morgan fingerprint density at radius 2 is 1.65 bits per heavy atom. The average molecular weight is 279 g/mol. The lowest BCUT2D eigenvalue weighted by Gasteiger charge is -2.39. The van der Waals surface area contributed by atoms with Gasteiger partial charge in [-0.1, -0.05) is 32.6 Å². The molecule has 2 heteroatoms. The van der Waals surface area contributed by atoms with Crippen LogP contribution in [-0.2, 0) is 4.74 Å². The minimum Gasteiger partial charge on any atom is -0.372 e. The number of hydrogen-bond acceptors (Lipinski definition) is 2. The fraction of sp³-hybridized carbons (Fsp3) is 1.00. The summed E-state index contributed by atoms with van der Waals surface area (Å²) in [5.41, 5.74) is 7.04. The van der Waals surface area contributed by atoms with Gasteiger partial charge in [-0.25, -0.2) is 0 Å². The Bertz CT molecular complexity index is 313. The van der Waals surface area contributed by atoms with E-state index in [1.54, 1.807) is 0 Å². The van der Waals surface area contributed by atoms with Crippen molar-refractivity contribution in [2.75, 3.05) is 0 Å². The number of nitrogens with two attached hydrogens (primary N) is 1. The van der Waals surface area contributed by atoms with E-state index < -0.39 is 0 Å². The second-order valence-corrected chi connectivity index (χ2v) is 7.94. The van der Waals surface area contributed by atoms with Crippen LogP contribution in [0.2, 0.25) is 0 Å². The van der Waals surface area contributed by atoms with Crippen LogP contribution in [0.15, 0.2) is 0 Å². The van der Waals surface area contributed by atoms with Gasteiger partial charge in [0.15, 0.2) is 0 Å². The monoisotopic (exact) mass is 279 g/mol. The van der Waals surface area contributed by atoms with E-state index >= 15 is 0 Å². The summed E-state index contributed by atoms with van der Waals surface area (Å²) in [7, 11) is 0. The molecule has 116 valence electrons. The van der Waals surface area contributed by atoms with Crippen molar-refractivity contribution < 1.29 is 4.74 Å². The highest BCUT2D eigenvalue weighted by atomic mass is 16.5. The zero-order chi connectivity index (χ0) is 14.1. The highest BCUT2D eigenvalue weighted by Crippen LogP contribution is 2.45. The predicted octanol–water partition coefficient (Wildman–Crippen LogP) is 4.56. The Morgan fingerprint density at radius 1 is 0.950 bits per heavy atom. The molecule has 3 fully saturated rings. The van der Waals surface area contributed by atoms with E-state index in [4.69, 9.17) is 10.5 Å². The fourth-order valence-corrected chi connectivity index (χ4v) is 4.92. The highest BCUT2D eigenvalue weighted by Gasteiger charge is 2.43. The molecule has 2 N–H and O–H groups in total. The zero-order valence-electron chi connectivity index (χ0n) is 13.3. The minimum atomic E-state index is 0.0799. The van der Waals surface area contributed by atoms with Crippen LogP contribution in [0.1, 0.15) is 90.4 Å². The quantitative estimate of drug-likeness (QED) is 0.822. The topological polar surface area (TPSA) is 35.2 Å². The minimum absolute atomic E-state index is 0.0799. The molecule has 0 aromatic carbocycles. The molecule has 2 nitrogen and oxygen atoms in total. The van der Waals surface area contributed by atoms with Crippen molar-refractivity contribution in [1.82, 2.24) is 0 Å². The lowest BCUT2D eigenvalue weighted by Crippen LogP contribution is -2.46. The Labute approximate surface area is 124 Å². The van der Waals surface area contributed by atoms with Crippen molar-refractivity contribution >= 4 is 0 Å². The van der Waals surface area contributed by atoms with Gasteiger partial charge in [-0.2, -0.15) is 0 Å². The third-order valence-electron chi connectivity index (χ3n) is 6.42. The molecule has 20 heavy (non-hydrogen) atoms. The van der Waals surface area contributed by atoms with Crippen LogP contribution in [0.25, 0.3) is 0 Å². The first kappa shape index (κ1) is 14.8. The first-order valence-corrected chi connectivity index (χ1v) is 9.10. The maximum Gasteiger partial charge on any atom is 0.0687 e. The summed E-state index contributed by atoms with van der Waals surface area (Å²) in [6, 6.07) is 0. The molecule has 2 saturated carbocycles. The van der Waals surface area contributed by atoms with Crippen molar-refractivity contribution in [3.8, 4) is 0 Å². The van der Waals surface area contributed by atoms with E-state index in [0.29, 0.717) is 6.10 Å². The molecule has 2 aliphatic carbocycles. The second-order valence-electron chi connectivity index (χ2n) is 7.94. The van der Waals surface area contributed by atoms with Gasteiger partial charge >= 0.3 is 0 Å². The summed E-state index contributed by atoms with van der Waals surface area (Å²) >= 11 is 0. The molecule has 3 rings (SSSR count).